The van der Waals surface area contributed by atoms with E-state index in [9.17, 15) is 33.9 Å². The predicted molar refractivity (Wildman–Crippen MR) is 231 cm³/mol. The first-order chi connectivity index (χ1) is 30.1. The van der Waals surface area contributed by atoms with Crippen molar-refractivity contribution in [2.45, 2.75) is 31.5 Å². The molecular weight excluding hydrogens is 797 g/mol. The highest BCUT2D eigenvalue weighted by Gasteiger charge is 2.41. The third-order valence-corrected chi connectivity index (χ3v) is 11.3. The Bertz CT molecular complexity index is 2360. The van der Waals surface area contributed by atoms with E-state index in [-0.39, 0.29) is 66.8 Å². The molecule has 0 saturated carbocycles. The van der Waals surface area contributed by atoms with Gasteiger partial charge < -0.3 is 39.3 Å². The monoisotopic (exact) mass is 846 g/mol. The van der Waals surface area contributed by atoms with Crippen molar-refractivity contribution in [3.05, 3.63) is 102 Å². The summed E-state index contributed by atoms with van der Waals surface area (Å²) in [6.45, 7) is 7.42. The maximum absolute atomic E-state index is 14.1. The summed E-state index contributed by atoms with van der Waals surface area (Å²) in [5.74, 6) is -1.44. The number of fused-ring (bicyclic) bond motifs is 2. The van der Waals surface area contributed by atoms with Crippen LogP contribution in [-0.4, -0.2) is 141 Å². The van der Waals surface area contributed by atoms with Crippen LogP contribution in [0.5, 0.6) is 5.75 Å². The van der Waals surface area contributed by atoms with Gasteiger partial charge in [0.1, 0.15) is 11.8 Å². The highest BCUT2D eigenvalue weighted by molar-refractivity contribution is 6.06. The molecular formula is C46H50N6O10. The van der Waals surface area contributed by atoms with Gasteiger partial charge in [0.2, 0.25) is 17.7 Å². The van der Waals surface area contributed by atoms with Crippen LogP contribution in [-0.2, 0) is 35.1 Å². The molecule has 16 nitrogen and oxygen atoms in total. The Balaban J connectivity index is 0.862. The Morgan fingerprint density at radius 1 is 0.935 bits per heavy atom. The van der Waals surface area contributed by atoms with Gasteiger partial charge in [-0.05, 0) is 76.4 Å². The normalized spacial score (nSPS) is 16.4. The molecule has 16 heteroatoms. The zero-order valence-electron chi connectivity index (χ0n) is 34.5. The molecule has 0 aliphatic carbocycles. The number of aromatic hydroxyl groups is 1. The third-order valence-electron chi connectivity index (χ3n) is 11.3. The fourth-order valence-corrected chi connectivity index (χ4v) is 7.92. The number of phenolic OH excluding ortho intramolecular Hbond substituents is 1. The summed E-state index contributed by atoms with van der Waals surface area (Å²) in [5.41, 5.74) is 4.38. The van der Waals surface area contributed by atoms with Crippen LogP contribution in [0.3, 0.4) is 0 Å². The number of benzene rings is 4. The predicted octanol–water partition coefficient (Wildman–Crippen LogP) is 4.20. The smallest absolute Gasteiger partial charge is 0.325 e. The van der Waals surface area contributed by atoms with Gasteiger partial charge in [0.05, 0.1) is 63.5 Å². The summed E-state index contributed by atoms with van der Waals surface area (Å²) >= 11 is 0. The fraction of sp³-hybridized carbons (Fsp3) is 0.348. The number of hydrogen-bond donors (Lipinski definition) is 3. The number of carbonyl (C=O) groups excluding carboxylic acids is 6. The number of likely N-dealkylation sites (tertiary alicyclic amines) is 1. The number of nitrogens with one attached hydrogen (secondary N) is 2. The lowest BCUT2D eigenvalue weighted by Crippen LogP contribution is -2.64. The number of phenols is 1. The molecule has 62 heavy (non-hydrogen) atoms. The Labute approximate surface area is 359 Å². The summed E-state index contributed by atoms with van der Waals surface area (Å²) in [6.07, 6.45) is 2.20. The van der Waals surface area contributed by atoms with Crippen LogP contribution in [0.15, 0.2) is 85.5 Å². The van der Waals surface area contributed by atoms with Gasteiger partial charge in [-0.2, -0.15) is 0 Å². The number of rotatable bonds is 19. The topological polar surface area (TPSA) is 187 Å². The van der Waals surface area contributed by atoms with Gasteiger partial charge >= 0.3 is 6.03 Å². The molecule has 1 unspecified atom stereocenters. The van der Waals surface area contributed by atoms with E-state index in [1.54, 1.807) is 34.1 Å². The number of hydrogen-bond acceptors (Lipinski definition) is 11. The first-order valence-corrected chi connectivity index (χ1v) is 20.6. The van der Waals surface area contributed by atoms with E-state index in [2.05, 4.69) is 17.2 Å². The molecule has 4 aromatic carbocycles. The standard InChI is InChI=1S/C46H50N6O10/c1-3-43(56)50-27-35(28-50)52-26-32-9-8-31(38-25-36(54)22-30-6-4-5-7-37(30)38)23-41(32)51(46(52)59)15-17-61-19-21-62-20-18-60-16-14-47-34-11-10-33(29-53)39(24-34)45(58)49(2)40-12-13-42(55)48-44(40)57/h3-11,22-25,29,35,40,47,54H,1,12-21,26-28H2,2H3,(H,48,55,57). The van der Waals surface area contributed by atoms with Crippen molar-refractivity contribution in [2.75, 3.05) is 83.1 Å². The van der Waals surface area contributed by atoms with E-state index >= 15 is 0 Å². The molecule has 0 radical (unpaired) electrons. The lowest BCUT2D eigenvalue weighted by atomic mass is 9.95. The minimum atomic E-state index is -0.815. The van der Waals surface area contributed by atoms with Crippen molar-refractivity contribution in [3.63, 3.8) is 0 Å². The molecule has 0 bridgehead atoms. The Hall–Kier alpha value is -6.62. The third kappa shape index (κ3) is 9.78. The minimum Gasteiger partial charge on any atom is -0.508 e. The first-order valence-electron chi connectivity index (χ1n) is 20.6. The van der Waals surface area contributed by atoms with Crippen LogP contribution in [0.1, 0.15) is 39.1 Å². The Morgan fingerprint density at radius 3 is 2.42 bits per heavy atom. The van der Waals surface area contributed by atoms with E-state index in [1.807, 2.05) is 47.4 Å². The second kappa shape index (κ2) is 19.8. The van der Waals surface area contributed by atoms with Gasteiger partial charge in [-0.15, -0.1) is 0 Å². The van der Waals surface area contributed by atoms with Crippen molar-refractivity contribution >= 4 is 58.1 Å². The molecule has 2 saturated heterocycles. The average molecular weight is 847 g/mol. The molecule has 1 atom stereocenters. The highest BCUT2D eigenvalue weighted by Crippen LogP contribution is 2.38. The SMILES string of the molecule is C=CC(=O)N1CC(N2Cc3ccc(-c4cc(O)cc5ccccc45)cc3N(CCOCCOCCOCCNc3ccc(C=O)c(C(=O)N(C)C4CCC(=O)NC4=O)c3)C2=O)C1. The number of nitrogens with zero attached hydrogens (tertiary/aromatic N) is 4. The molecule has 3 aliphatic rings. The van der Waals surface area contributed by atoms with Crippen LogP contribution in [0.25, 0.3) is 21.9 Å². The second-order valence-electron chi connectivity index (χ2n) is 15.3. The number of anilines is 2. The number of carbonyl (C=O) groups is 6. The fourth-order valence-electron chi connectivity index (χ4n) is 7.92. The van der Waals surface area contributed by atoms with Crippen LogP contribution < -0.4 is 15.5 Å². The zero-order chi connectivity index (χ0) is 43.8. The lowest BCUT2D eigenvalue weighted by molar-refractivity contribution is -0.136. The average Bonchev–Trinajstić information content (AvgIpc) is 3.26. The molecule has 4 aromatic rings. The number of likely N-dealkylation sites (N-methyl/N-ethyl adjacent to an activating group) is 1. The van der Waals surface area contributed by atoms with Gasteiger partial charge in [0.15, 0.2) is 6.29 Å². The zero-order valence-corrected chi connectivity index (χ0v) is 34.5. The second-order valence-corrected chi connectivity index (χ2v) is 15.3. The largest absolute Gasteiger partial charge is 0.508 e. The number of ether oxygens (including phenoxy) is 3. The number of urea groups is 1. The van der Waals surface area contributed by atoms with Crippen molar-refractivity contribution in [2.24, 2.45) is 0 Å². The summed E-state index contributed by atoms with van der Waals surface area (Å²) in [4.78, 5) is 81.5. The molecule has 7 rings (SSSR count). The number of aldehydes is 1. The van der Waals surface area contributed by atoms with Crippen molar-refractivity contribution in [3.8, 4) is 16.9 Å². The summed E-state index contributed by atoms with van der Waals surface area (Å²) in [5, 5.41) is 17.8. The molecule has 3 N–H and O–H groups in total. The molecule has 324 valence electrons. The molecule has 3 aliphatic heterocycles. The van der Waals surface area contributed by atoms with Crippen molar-refractivity contribution in [1.29, 1.82) is 0 Å². The van der Waals surface area contributed by atoms with Gasteiger partial charge in [-0.3, -0.25) is 34.2 Å². The summed E-state index contributed by atoms with van der Waals surface area (Å²) < 4.78 is 17.3. The van der Waals surface area contributed by atoms with Gasteiger partial charge in [-0.1, -0.05) is 43.0 Å². The van der Waals surface area contributed by atoms with Gasteiger partial charge in [0, 0.05) is 50.9 Å². The minimum absolute atomic E-state index is 0.122. The molecule has 0 aromatic heterocycles. The van der Waals surface area contributed by atoms with Crippen molar-refractivity contribution in [1.82, 2.24) is 20.0 Å². The first kappa shape index (κ1) is 43.5. The van der Waals surface area contributed by atoms with Gasteiger partial charge in [-0.25, -0.2) is 4.79 Å². The summed E-state index contributed by atoms with van der Waals surface area (Å²) in [6, 6.07) is 21.0. The maximum Gasteiger partial charge on any atom is 0.325 e. The molecule has 6 amide bonds. The maximum atomic E-state index is 14.1. The molecule has 2 fully saturated rings. The summed E-state index contributed by atoms with van der Waals surface area (Å²) in [7, 11) is 1.47. The number of piperidine rings is 1. The Morgan fingerprint density at radius 2 is 1.68 bits per heavy atom. The van der Waals surface area contributed by atoms with Crippen LogP contribution >= 0.6 is 0 Å². The van der Waals surface area contributed by atoms with E-state index < -0.39 is 17.9 Å². The van der Waals surface area contributed by atoms with E-state index in [0.717, 1.165) is 33.2 Å². The van der Waals surface area contributed by atoms with Crippen molar-refractivity contribution < 1.29 is 48.1 Å². The van der Waals surface area contributed by atoms with Crippen LogP contribution in [0.4, 0.5) is 16.2 Å². The van der Waals surface area contributed by atoms with E-state index in [1.165, 1.54) is 24.1 Å². The quantitative estimate of drug-likeness (QED) is 0.0532. The lowest BCUT2D eigenvalue weighted by Gasteiger charge is -2.48. The van der Waals surface area contributed by atoms with E-state index in [4.69, 9.17) is 14.2 Å². The van der Waals surface area contributed by atoms with Crippen LogP contribution in [0.2, 0.25) is 0 Å². The van der Waals surface area contributed by atoms with Crippen LogP contribution in [0, 0.1) is 0 Å². The Kier molecular flexibility index (Phi) is 13.9. The highest BCUT2D eigenvalue weighted by atomic mass is 16.5. The molecule has 3 heterocycles. The van der Waals surface area contributed by atoms with E-state index in [0.29, 0.717) is 71.2 Å². The van der Waals surface area contributed by atoms with Gasteiger partial charge in [0.25, 0.3) is 5.91 Å². The number of amides is 6. The molecule has 0 spiro atoms. The number of imide groups is 1.